The maximum Gasteiger partial charge on any atom is 0.337 e. The highest BCUT2D eigenvalue weighted by molar-refractivity contribution is 6.30. The molecule has 136 valence electrons. The van der Waals surface area contributed by atoms with Gasteiger partial charge in [0.1, 0.15) is 12.4 Å². The molecule has 0 aromatic heterocycles. The summed E-state index contributed by atoms with van der Waals surface area (Å²) in [5.41, 5.74) is 1.56. The van der Waals surface area contributed by atoms with Gasteiger partial charge in [0.15, 0.2) is 6.29 Å². The number of ether oxygens (including phenoxy) is 2. The minimum Gasteiger partial charge on any atom is -0.488 e. The van der Waals surface area contributed by atoms with Crippen molar-refractivity contribution in [2.45, 2.75) is 0 Å². The average Bonchev–Trinajstić information content (AvgIpc) is 2.71. The van der Waals surface area contributed by atoms with Crippen molar-refractivity contribution >= 4 is 40.7 Å². The van der Waals surface area contributed by atoms with E-state index in [4.69, 9.17) is 21.1 Å². The highest BCUT2D eigenvalue weighted by Gasteiger charge is 2.14. The molecule has 3 rings (SSSR count). The average molecular weight is 381 g/mol. The van der Waals surface area contributed by atoms with E-state index in [-0.39, 0.29) is 6.61 Å². The molecule has 0 aliphatic carbocycles. The Morgan fingerprint density at radius 2 is 1.78 bits per heavy atom. The van der Waals surface area contributed by atoms with Crippen LogP contribution in [0.2, 0.25) is 5.02 Å². The topological polar surface area (TPSA) is 52.6 Å². The number of methoxy groups -OCH3 is 1. The van der Waals surface area contributed by atoms with Gasteiger partial charge in [-0.05, 0) is 40.6 Å². The number of aldehydes is 1. The number of fused-ring (bicyclic) bond motifs is 1. The van der Waals surface area contributed by atoms with Crippen LogP contribution in [0.3, 0.4) is 0 Å². The van der Waals surface area contributed by atoms with E-state index < -0.39 is 5.97 Å². The molecule has 27 heavy (non-hydrogen) atoms. The smallest absolute Gasteiger partial charge is 0.337 e. The van der Waals surface area contributed by atoms with Crippen molar-refractivity contribution in [3.63, 3.8) is 0 Å². The van der Waals surface area contributed by atoms with E-state index in [1.54, 1.807) is 36.4 Å². The lowest BCUT2D eigenvalue weighted by Gasteiger charge is -2.12. The summed E-state index contributed by atoms with van der Waals surface area (Å²) in [6, 6.07) is 18.2. The third-order valence-electron chi connectivity index (χ3n) is 4.09. The van der Waals surface area contributed by atoms with Crippen molar-refractivity contribution in [1.29, 1.82) is 0 Å². The van der Waals surface area contributed by atoms with Gasteiger partial charge < -0.3 is 9.47 Å². The summed E-state index contributed by atoms with van der Waals surface area (Å²) < 4.78 is 10.6. The molecule has 0 aliphatic heterocycles. The first kappa shape index (κ1) is 18.7. The van der Waals surface area contributed by atoms with Crippen LogP contribution in [0.1, 0.15) is 15.9 Å². The normalized spacial score (nSPS) is 11.3. The van der Waals surface area contributed by atoms with Gasteiger partial charge in [-0.3, -0.25) is 4.79 Å². The number of carbonyl (C=O) groups is 2. The third-order valence-corrected chi connectivity index (χ3v) is 4.34. The van der Waals surface area contributed by atoms with Crippen LogP contribution in [0.4, 0.5) is 0 Å². The number of rotatable bonds is 6. The lowest BCUT2D eigenvalue weighted by molar-refractivity contribution is -0.136. The Bertz CT molecular complexity index is 1010. The van der Waals surface area contributed by atoms with Crippen LogP contribution in [0.15, 0.2) is 66.2 Å². The number of benzene rings is 3. The molecule has 0 radical (unpaired) electrons. The summed E-state index contributed by atoms with van der Waals surface area (Å²) in [6.07, 6.45) is 2.43. The molecule has 0 aliphatic rings. The van der Waals surface area contributed by atoms with Gasteiger partial charge in [-0.2, -0.15) is 0 Å². The van der Waals surface area contributed by atoms with E-state index in [1.165, 1.54) is 7.11 Å². The van der Waals surface area contributed by atoms with Crippen molar-refractivity contribution in [3.05, 3.63) is 82.4 Å². The molecule has 5 heteroatoms. The number of halogens is 1. The summed E-state index contributed by atoms with van der Waals surface area (Å²) in [6.45, 7) is -0.0333. The van der Waals surface area contributed by atoms with Gasteiger partial charge in [0.25, 0.3) is 0 Å². The summed E-state index contributed by atoms with van der Waals surface area (Å²) in [4.78, 5) is 23.7. The van der Waals surface area contributed by atoms with Gasteiger partial charge in [-0.15, -0.1) is 0 Å². The molecule has 0 spiro atoms. The van der Waals surface area contributed by atoms with Crippen molar-refractivity contribution in [2.75, 3.05) is 13.7 Å². The zero-order valence-electron chi connectivity index (χ0n) is 14.6. The van der Waals surface area contributed by atoms with Crippen LogP contribution in [0.25, 0.3) is 16.8 Å². The Morgan fingerprint density at radius 1 is 1.04 bits per heavy atom. The van der Waals surface area contributed by atoms with Gasteiger partial charge in [0.05, 0.1) is 18.2 Å². The highest BCUT2D eigenvalue weighted by atomic mass is 35.5. The van der Waals surface area contributed by atoms with E-state index in [2.05, 4.69) is 0 Å². The first-order valence-corrected chi connectivity index (χ1v) is 8.64. The fourth-order valence-electron chi connectivity index (χ4n) is 2.73. The molecular formula is C22H17ClO4. The molecule has 0 bridgehead atoms. The van der Waals surface area contributed by atoms with E-state index in [1.807, 2.05) is 30.3 Å². The molecule has 0 N–H and O–H groups in total. The van der Waals surface area contributed by atoms with Crippen molar-refractivity contribution in [1.82, 2.24) is 0 Å². The zero-order chi connectivity index (χ0) is 19.2. The third kappa shape index (κ3) is 4.36. The Morgan fingerprint density at radius 3 is 2.48 bits per heavy atom. The highest BCUT2D eigenvalue weighted by Crippen LogP contribution is 2.27. The molecular weight excluding hydrogens is 364 g/mol. The maximum atomic E-state index is 12.1. The molecule has 0 amide bonds. The largest absolute Gasteiger partial charge is 0.488 e. The number of hydrogen-bond donors (Lipinski definition) is 0. The number of carbonyl (C=O) groups excluding carboxylic acids is 2. The first-order chi connectivity index (χ1) is 13.1. The first-order valence-electron chi connectivity index (χ1n) is 8.26. The molecule has 3 aromatic carbocycles. The van der Waals surface area contributed by atoms with Gasteiger partial charge in [0, 0.05) is 5.02 Å². The number of esters is 1. The quantitative estimate of drug-likeness (QED) is 0.345. The van der Waals surface area contributed by atoms with E-state index in [0.717, 1.165) is 22.6 Å². The Labute approximate surface area is 162 Å². The number of hydrogen-bond acceptors (Lipinski definition) is 4. The fourth-order valence-corrected chi connectivity index (χ4v) is 2.86. The van der Waals surface area contributed by atoms with Crippen molar-refractivity contribution < 1.29 is 19.1 Å². The fraction of sp³-hybridized carbons (Fsp3) is 0.0909. The lowest BCUT2D eigenvalue weighted by atomic mass is 10.0. The van der Waals surface area contributed by atoms with Gasteiger partial charge in [-0.1, -0.05) is 54.1 Å². The molecule has 0 saturated heterocycles. The Balaban J connectivity index is 1.89. The minimum absolute atomic E-state index is 0.0333. The van der Waals surface area contributed by atoms with Gasteiger partial charge >= 0.3 is 5.97 Å². The minimum atomic E-state index is -0.501. The molecule has 0 heterocycles. The van der Waals surface area contributed by atoms with E-state index in [0.29, 0.717) is 21.9 Å². The van der Waals surface area contributed by atoms with Crippen LogP contribution in [-0.2, 0) is 9.53 Å². The van der Waals surface area contributed by atoms with E-state index >= 15 is 0 Å². The summed E-state index contributed by atoms with van der Waals surface area (Å²) in [5, 5.41) is 2.35. The van der Waals surface area contributed by atoms with Gasteiger partial charge in [0.2, 0.25) is 0 Å². The Hall–Kier alpha value is -3.11. The van der Waals surface area contributed by atoms with Crippen molar-refractivity contribution in [3.8, 4) is 5.75 Å². The maximum absolute atomic E-state index is 12.1. The van der Waals surface area contributed by atoms with Crippen LogP contribution in [0, 0.1) is 0 Å². The molecule has 0 unspecified atom stereocenters. The molecule has 0 fully saturated rings. The second-order valence-corrected chi connectivity index (χ2v) is 6.25. The van der Waals surface area contributed by atoms with Crippen LogP contribution in [0.5, 0.6) is 5.75 Å². The summed E-state index contributed by atoms with van der Waals surface area (Å²) in [5.74, 6) is -0.0898. The SMILES string of the molecule is COC(=O)/C(=C\c1ccc(Cl)cc1)COc1ccc2ccccc2c1C=O. The van der Waals surface area contributed by atoms with Crippen molar-refractivity contribution in [2.24, 2.45) is 0 Å². The standard InChI is InChI=1S/C22H17ClO4/c1-26-22(25)17(12-15-6-9-18(23)10-7-15)14-27-21-11-8-16-4-2-3-5-19(16)20(21)13-24/h2-13H,14H2,1H3/b17-12-. The second kappa shape index (κ2) is 8.52. The van der Waals surface area contributed by atoms with Crippen LogP contribution in [-0.4, -0.2) is 26.0 Å². The second-order valence-electron chi connectivity index (χ2n) is 5.82. The molecule has 4 nitrogen and oxygen atoms in total. The lowest BCUT2D eigenvalue weighted by Crippen LogP contribution is -2.13. The summed E-state index contributed by atoms with van der Waals surface area (Å²) >= 11 is 5.89. The van der Waals surface area contributed by atoms with Crippen LogP contribution < -0.4 is 4.74 Å². The molecule has 0 saturated carbocycles. The Kier molecular flexibility index (Phi) is 5.89. The summed E-state index contributed by atoms with van der Waals surface area (Å²) in [7, 11) is 1.31. The van der Waals surface area contributed by atoms with Crippen LogP contribution >= 0.6 is 11.6 Å². The van der Waals surface area contributed by atoms with Gasteiger partial charge in [-0.25, -0.2) is 4.79 Å². The zero-order valence-corrected chi connectivity index (χ0v) is 15.4. The monoisotopic (exact) mass is 380 g/mol. The predicted molar refractivity (Wildman–Crippen MR) is 106 cm³/mol. The predicted octanol–water partition coefficient (Wildman–Crippen LogP) is 4.94. The van der Waals surface area contributed by atoms with E-state index in [9.17, 15) is 9.59 Å². The molecule has 3 aromatic rings. The molecule has 0 atom stereocenters.